The quantitative estimate of drug-likeness (QED) is 0.416. The van der Waals surface area contributed by atoms with E-state index >= 15 is 0 Å². The molecular formula is C26H28ClN3O5S2. The summed E-state index contributed by atoms with van der Waals surface area (Å²) in [6.45, 7) is 2.48. The highest BCUT2D eigenvalue weighted by Crippen LogP contribution is 2.24. The smallest absolute Gasteiger partial charge is 0.261 e. The first-order chi connectivity index (χ1) is 17.5. The van der Waals surface area contributed by atoms with Crippen LogP contribution in [0.1, 0.15) is 24.0 Å². The van der Waals surface area contributed by atoms with Gasteiger partial charge >= 0.3 is 0 Å². The highest BCUT2D eigenvalue weighted by molar-refractivity contribution is 7.92. The summed E-state index contributed by atoms with van der Waals surface area (Å²) in [7, 11) is -7.28. The first-order valence-electron chi connectivity index (χ1n) is 11.7. The molecule has 0 unspecified atom stereocenters. The summed E-state index contributed by atoms with van der Waals surface area (Å²) < 4.78 is 54.9. The molecule has 37 heavy (non-hydrogen) atoms. The molecule has 0 bridgehead atoms. The molecule has 4 rings (SSSR count). The molecule has 1 aliphatic rings. The van der Waals surface area contributed by atoms with E-state index in [2.05, 4.69) is 10.0 Å². The molecule has 11 heteroatoms. The van der Waals surface area contributed by atoms with Crippen molar-refractivity contribution in [1.29, 1.82) is 0 Å². The number of nitrogens with zero attached hydrogens (tertiary/aromatic N) is 1. The molecule has 8 nitrogen and oxygen atoms in total. The van der Waals surface area contributed by atoms with E-state index in [9.17, 15) is 21.6 Å². The number of hydrogen-bond donors (Lipinski definition) is 2. The topological polar surface area (TPSA) is 113 Å². The zero-order valence-corrected chi connectivity index (χ0v) is 22.6. The Morgan fingerprint density at radius 3 is 2.16 bits per heavy atom. The average Bonchev–Trinajstić information content (AvgIpc) is 2.85. The molecule has 0 atom stereocenters. The van der Waals surface area contributed by atoms with E-state index in [1.165, 1.54) is 28.6 Å². The van der Waals surface area contributed by atoms with E-state index in [0.717, 1.165) is 11.1 Å². The van der Waals surface area contributed by atoms with Crippen LogP contribution in [-0.2, 0) is 30.6 Å². The van der Waals surface area contributed by atoms with E-state index in [-0.39, 0.29) is 35.6 Å². The van der Waals surface area contributed by atoms with Gasteiger partial charge in [-0.3, -0.25) is 9.52 Å². The molecule has 3 aromatic carbocycles. The third-order valence-electron chi connectivity index (χ3n) is 6.18. The summed E-state index contributed by atoms with van der Waals surface area (Å²) in [6.07, 6.45) is 0.826. The maximum atomic E-state index is 12.8. The van der Waals surface area contributed by atoms with Crippen molar-refractivity contribution in [2.24, 2.45) is 5.92 Å². The van der Waals surface area contributed by atoms with Crippen molar-refractivity contribution >= 4 is 48.9 Å². The van der Waals surface area contributed by atoms with E-state index in [1.807, 2.05) is 25.1 Å². The Balaban J connectivity index is 1.31. The fraction of sp³-hybridized carbons (Fsp3) is 0.269. The summed E-state index contributed by atoms with van der Waals surface area (Å²) in [4.78, 5) is 12.8. The van der Waals surface area contributed by atoms with Gasteiger partial charge in [-0.05, 0) is 73.9 Å². The molecule has 0 spiro atoms. The third-order valence-corrected chi connectivity index (χ3v) is 9.68. The number of rotatable bonds is 8. The number of sulfonamides is 2. The molecule has 1 saturated heterocycles. The number of carbonyl (C=O) groups excluding carboxylic acids is 1. The molecule has 0 saturated carbocycles. The average molecular weight is 562 g/mol. The summed E-state index contributed by atoms with van der Waals surface area (Å²) in [5, 5.41) is 3.31. The normalized spacial score (nSPS) is 15.3. The number of halogens is 1. The Morgan fingerprint density at radius 2 is 1.54 bits per heavy atom. The van der Waals surface area contributed by atoms with Crippen LogP contribution in [0.25, 0.3) is 0 Å². The zero-order valence-electron chi connectivity index (χ0n) is 20.2. The Labute approximate surface area is 222 Å². The number of piperidine rings is 1. The van der Waals surface area contributed by atoms with Crippen molar-refractivity contribution in [3.63, 3.8) is 0 Å². The van der Waals surface area contributed by atoms with E-state index in [1.54, 1.807) is 30.3 Å². The molecule has 196 valence electrons. The highest BCUT2D eigenvalue weighted by atomic mass is 35.5. The van der Waals surface area contributed by atoms with Gasteiger partial charge in [-0.25, -0.2) is 21.1 Å². The second-order valence-corrected chi connectivity index (χ2v) is 13.1. The second-order valence-electron chi connectivity index (χ2n) is 9.04. The second kappa shape index (κ2) is 11.2. The standard InChI is InChI=1S/C26H28ClN3O5S2/c1-19-3-2-4-20(17-19)18-36(32,33)30-15-13-21(14-16-30)26(31)28-23-9-11-25(12-10-23)37(34,35)29-24-7-5-22(27)6-8-24/h2-12,17,21,29H,13-16,18H2,1H3,(H,28,31). The lowest BCUT2D eigenvalue weighted by atomic mass is 9.97. The van der Waals surface area contributed by atoms with Gasteiger partial charge in [0.15, 0.2) is 0 Å². The molecular weight excluding hydrogens is 534 g/mol. The maximum Gasteiger partial charge on any atom is 0.261 e. The van der Waals surface area contributed by atoms with Crippen LogP contribution in [0.5, 0.6) is 0 Å². The van der Waals surface area contributed by atoms with Crippen LogP contribution in [0.15, 0.2) is 77.7 Å². The lowest BCUT2D eigenvalue weighted by molar-refractivity contribution is -0.120. The molecule has 0 aromatic heterocycles. The summed E-state index contributed by atoms with van der Waals surface area (Å²) in [5.41, 5.74) is 2.60. The summed E-state index contributed by atoms with van der Waals surface area (Å²) in [5.74, 6) is -0.612. The van der Waals surface area contributed by atoms with Crippen LogP contribution in [0.3, 0.4) is 0 Å². The Bertz CT molecular complexity index is 1470. The highest BCUT2D eigenvalue weighted by Gasteiger charge is 2.31. The van der Waals surface area contributed by atoms with Gasteiger partial charge in [-0.1, -0.05) is 41.4 Å². The van der Waals surface area contributed by atoms with Crippen molar-refractivity contribution in [2.45, 2.75) is 30.4 Å². The predicted molar refractivity (Wildman–Crippen MR) is 145 cm³/mol. The largest absolute Gasteiger partial charge is 0.326 e. The predicted octanol–water partition coefficient (Wildman–Crippen LogP) is 4.63. The number of hydrogen-bond acceptors (Lipinski definition) is 5. The summed E-state index contributed by atoms with van der Waals surface area (Å²) in [6, 6.07) is 19.6. The molecule has 1 amide bonds. The van der Waals surface area contributed by atoms with Gasteiger partial charge in [0.25, 0.3) is 10.0 Å². The van der Waals surface area contributed by atoms with E-state index in [0.29, 0.717) is 29.2 Å². The molecule has 0 aliphatic carbocycles. The number of anilines is 2. The molecule has 3 aromatic rings. The van der Waals surface area contributed by atoms with Crippen LogP contribution in [0, 0.1) is 12.8 Å². The van der Waals surface area contributed by atoms with Crippen molar-refractivity contribution in [3.05, 3.63) is 88.9 Å². The number of nitrogens with one attached hydrogen (secondary N) is 2. The van der Waals surface area contributed by atoms with Crippen LogP contribution >= 0.6 is 11.6 Å². The SMILES string of the molecule is Cc1cccc(CS(=O)(=O)N2CCC(C(=O)Nc3ccc(S(=O)(=O)Nc4ccc(Cl)cc4)cc3)CC2)c1. The van der Waals surface area contributed by atoms with Gasteiger partial charge in [0.05, 0.1) is 10.6 Å². The monoisotopic (exact) mass is 561 g/mol. The third kappa shape index (κ3) is 7.10. The number of carbonyl (C=O) groups is 1. The lowest BCUT2D eigenvalue weighted by Crippen LogP contribution is -2.41. The van der Waals surface area contributed by atoms with Crippen molar-refractivity contribution in [2.75, 3.05) is 23.1 Å². The van der Waals surface area contributed by atoms with Crippen molar-refractivity contribution in [1.82, 2.24) is 4.31 Å². The van der Waals surface area contributed by atoms with Crippen molar-refractivity contribution in [3.8, 4) is 0 Å². The van der Waals surface area contributed by atoms with Crippen LogP contribution < -0.4 is 10.0 Å². The van der Waals surface area contributed by atoms with Gasteiger partial charge in [0.1, 0.15) is 0 Å². The lowest BCUT2D eigenvalue weighted by Gasteiger charge is -2.30. The zero-order chi connectivity index (χ0) is 26.6. The van der Waals surface area contributed by atoms with Crippen LogP contribution in [-0.4, -0.2) is 40.1 Å². The van der Waals surface area contributed by atoms with E-state index < -0.39 is 20.0 Å². The number of amides is 1. The molecule has 0 radical (unpaired) electrons. The molecule has 1 fully saturated rings. The number of benzene rings is 3. The van der Waals surface area contributed by atoms with Gasteiger partial charge < -0.3 is 5.32 Å². The first-order valence-corrected chi connectivity index (χ1v) is 15.2. The van der Waals surface area contributed by atoms with Gasteiger partial charge in [0, 0.05) is 35.4 Å². The first kappa shape index (κ1) is 27.1. The number of aryl methyl sites for hydroxylation is 1. The summed E-state index contributed by atoms with van der Waals surface area (Å²) >= 11 is 5.84. The molecule has 1 heterocycles. The molecule has 2 N–H and O–H groups in total. The maximum absolute atomic E-state index is 12.8. The van der Waals surface area contributed by atoms with Crippen molar-refractivity contribution < 1.29 is 21.6 Å². The van der Waals surface area contributed by atoms with Crippen LogP contribution in [0.2, 0.25) is 5.02 Å². The Morgan fingerprint density at radius 1 is 0.919 bits per heavy atom. The minimum atomic E-state index is -3.81. The van der Waals surface area contributed by atoms with Gasteiger partial charge in [-0.2, -0.15) is 0 Å². The van der Waals surface area contributed by atoms with Gasteiger partial charge in [0.2, 0.25) is 15.9 Å². The minimum Gasteiger partial charge on any atom is -0.326 e. The Hall–Kier alpha value is -2.92. The molecule has 1 aliphatic heterocycles. The Kier molecular flexibility index (Phi) is 8.23. The van der Waals surface area contributed by atoms with Gasteiger partial charge in [-0.15, -0.1) is 0 Å². The fourth-order valence-electron chi connectivity index (χ4n) is 4.19. The minimum absolute atomic E-state index is 0.0487. The van der Waals surface area contributed by atoms with Crippen LogP contribution in [0.4, 0.5) is 11.4 Å². The fourth-order valence-corrected chi connectivity index (χ4v) is 6.93. The van der Waals surface area contributed by atoms with E-state index in [4.69, 9.17) is 11.6 Å².